The lowest BCUT2D eigenvalue weighted by Crippen LogP contribution is -2.22. The third-order valence-electron chi connectivity index (χ3n) is 2.18. The van der Waals surface area contributed by atoms with E-state index in [0.29, 0.717) is 30.7 Å². The molecule has 108 valence electrons. The molecular formula is C13H23N3O3. The molecule has 0 aliphatic heterocycles. The number of hydrogen-bond acceptors (Lipinski definition) is 6. The van der Waals surface area contributed by atoms with Crippen molar-refractivity contribution in [2.24, 2.45) is 0 Å². The van der Waals surface area contributed by atoms with Crippen LogP contribution in [0, 0.1) is 0 Å². The molecule has 19 heavy (non-hydrogen) atoms. The van der Waals surface area contributed by atoms with E-state index in [9.17, 15) is 0 Å². The van der Waals surface area contributed by atoms with Crippen LogP contribution in [0.5, 0.6) is 11.6 Å². The van der Waals surface area contributed by atoms with Crippen LogP contribution in [-0.4, -0.2) is 42.4 Å². The van der Waals surface area contributed by atoms with Gasteiger partial charge < -0.3 is 19.5 Å². The Balaban J connectivity index is 2.60. The lowest BCUT2D eigenvalue weighted by molar-refractivity contribution is -0.0170. The van der Waals surface area contributed by atoms with Crippen molar-refractivity contribution in [2.75, 3.05) is 32.2 Å². The number of nitrogens with zero attached hydrogens (tertiary/aromatic N) is 2. The zero-order chi connectivity index (χ0) is 14.3. The van der Waals surface area contributed by atoms with Crippen molar-refractivity contribution in [3.63, 3.8) is 0 Å². The molecule has 6 heteroatoms. The van der Waals surface area contributed by atoms with Crippen LogP contribution in [0.15, 0.2) is 6.33 Å². The number of hydrogen-bond donors (Lipinski definition) is 1. The first kappa shape index (κ1) is 15.5. The molecule has 0 amide bonds. The molecule has 1 aromatic rings. The van der Waals surface area contributed by atoms with E-state index >= 15 is 0 Å². The summed E-state index contributed by atoms with van der Waals surface area (Å²) in [6.45, 7) is 9.65. The van der Waals surface area contributed by atoms with E-state index in [0.717, 1.165) is 6.54 Å². The zero-order valence-corrected chi connectivity index (χ0v) is 12.3. The Morgan fingerprint density at radius 1 is 1.21 bits per heavy atom. The van der Waals surface area contributed by atoms with Crippen molar-refractivity contribution in [2.45, 2.75) is 33.3 Å². The van der Waals surface area contributed by atoms with Crippen molar-refractivity contribution in [1.29, 1.82) is 0 Å². The van der Waals surface area contributed by atoms with Gasteiger partial charge in [-0.25, -0.2) is 4.98 Å². The molecule has 0 aliphatic rings. The lowest BCUT2D eigenvalue weighted by Gasteiger charge is -2.19. The lowest BCUT2D eigenvalue weighted by atomic mass is 10.2. The standard InChI is InChI=1S/C13H23N3O3/c1-6-14-11-10(17-5)12(16-9-15-11)18-7-8-19-13(2,3)4/h9H,6-8H2,1-5H3,(H,14,15,16). The Bertz CT molecular complexity index is 391. The van der Waals surface area contributed by atoms with E-state index in [1.54, 1.807) is 7.11 Å². The third-order valence-corrected chi connectivity index (χ3v) is 2.18. The zero-order valence-electron chi connectivity index (χ0n) is 12.3. The highest BCUT2D eigenvalue weighted by Crippen LogP contribution is 2.30. The molecule has 0 fully saturated rings. The van der Waals surface area contributed by atoms with E-state index in [2.05, 4.69) is 15.3 Å². The summed E-state index contributed by atoms with van der Waals surface area (Å²) in [6.07, 6.45) is 1.44. The summed E-state index contributed by atoms with van der Waals surface area (Å²) in [5.41, 5.74) is -0.173. The second-order valence-electron chi connectivity index (χ2n) is 4.90. The molecular weight excluding hydrogens is 246 g/mol. The van der Waals surface area contributed by atoms with Crippen molar-refractivity contribution >= 4 is 5.82 Å². The van der Waals surface area contributed by atoms with Crippen LogP contribution in [-0.2, 0) is 4.74 Å². The summed E-state index contributed by atoms with van der Waals surface area (Å²) in [5.74, 6) is 1.57. The highest BCUT2D eigenvalue weighted by atomic mass is 16.6. The predicted octanol–water partition coefficient (Wildman–Crippen LogP) is 2.11. The van der Waals surface area contributed by atoms with E-state index in [1.165, 1.54) is 6.33 Å². The van der Waals surface area contributed by atoms with Crippen LogP contribution >= 0.6 is 0 Å². The highest BCUT2D eigenvalue weighted by molar-refractivity contribution is 5.54. The molecule has 0 saturated heterocycles. The Hall–Kier alpha value is -1.56. The van der Waals surface area contributed by atoms with Gasteiger partial charge in [-0.2, -0.15) is 4.98 Å². The quantitative estimate of drug-likeness (QED) is 0.765. The second-order valence-corrected chi connectivity index (χ2v) is 4.90. The maximum Gasteiger partial charge on any atom is 0.262 e. The second kappa shape index (κ2) is 7.13. The van der Waals surface area contributed by atoms with Gasteiger partial charge in [-0.15, -0.1) is 0 Å². The van der Waals surface area contributed by atoms with Crippen LogP contribution < -0.4 is 14.8 Å². The molecule has 0 aromatic carbocycles. The van der Waals surface area contributed by atoms with Crippen LogP contribution in [0.2, 0.25) is 0 Å². The van der Waals surface area contributed by atoms with Crippen molar-refractivity contribution < 1.29 is 14.2 Å². The Labute approximate surface area is 114 Å². The molecule has 1 heterocycles. The first-order valence-electron chi connectivity index (χ1n) is 6.37. The fraction of sp³-hybridized carbons (Fsp3) is 0.692. The molecule has 0 saturated carbocycles. The van der Waals surface area contributed by atoms with E-state index in [-0.39, 0.29) is 5.60 Å². The summed E-state index contributed by atoms with van der Waals surface area (Å²) < 4.78 is 16.4. The SMILES string of the molecule is CCNc1ncnc(OCCOC(C)(C)C)c1OC. The maximum atomic E-state index is 5.58. The van der Waals surface area contributed by atoms with Gasteiger partial charge in [-0.3, -0.25) is 0 Å². The highest BCUT2D eigenvalue weighted by Gasteiger charge is 2.14. The molecule has 0 unspecified atom stereocenters. The molecule has 1 rings (SSSR count). The minimum atomic E-state index is -0.173. The number of anilines is 1. The average molecular weight is 269 g/mol. The molecule has 0 spiro atoms. The summed E-state index contributed by atoms with van der Waals surface area (Å²) in [4.78, 5) is 8.18. The fourth-order valence-electron chi connectivity index (χ4n) is 1.42. The molecule has 1 aromatic heterocycles. The topological polar surface area (TPSA) is 65.5 Å². The average Bonchev–Trinajstić information content (AvgIpc) is 2.34. The summed E-state index contributed by atoms with van der Waals surface area (Å²) in [6, 6.07) is 0. The Morgan fingerprint density at radius 2 is 1.95 bits per heavy atom. The van der Waals surface area contributed by atoms with Crippen molar-refractivity contribution in [3.8, 4) is 11.6 Å². The Kier molecular flexibility index (Phi) is 5.82. The normalized spacial score (nSPS) is 11.2. The molecule has 0 atom stereocenters. The summed E-state index contributed by atoms with van der Waals surface area (Å²) in [5, 5.41) is 3.09. The molecule has 0 aliphatic carbocycles. The minimum Gasteiger partial charge on any atom is -0.489 e. The number of ether oxygens (including phenoxy) is 3. The van der Waals surface area contributed by atoms with Gasteiger partial charge in [0, 0.05) is 6.54 Å². The Morgan fingerprint density at radius 3 is 2.53 bits per heavy atom. The predicted molar refractivity (Wildman–Crippen MR) is 73.9 cm³/mol. The van der Waals surface area contributed by atoms with Gasteiger partial charge >= 0.3 is 0 Å². The maximum absolute atomic E-state index is 5.58. The van der Waals surface area contributed by atoms with Gasteiger partial charge in [0.2, 0.25) is 5.75 Å². The molecule has 6 nitrogen and oxygen atoms in total. The molecule has 0 radical (unpaired) electrons. The first-order valence-corrected chi connectivity index (χ1v) is 6.37. The van der Waals surface area contributed by atoms with E-state index in [4.69, 9.17) is 14.2 Å². The minimum absolute atomic E-state index is 0.173. The van der Waals surface area contributed by atoms with E-state index < -0.39 is 0 Å². The summed E-state index contributed by atoms with van der Waals surface area (Å²) >= 11 is 0. The monoisotopic (exact) mass is 269 g/mol. The fourth-order valence-corrected chi connectivity index (χ4v) is 1.42. The van der Waals surface area contributed by atoms with Crippen LogP contribution in [0.1, 0.15) is 27.7 Å². The molecule has 0 bridgehead atoms. The van der Waals surface area contributed by atoms with Gasteiger partial charge in [0.15, 0.2) is 5.82 Å². The van der Waals surface area contributed by atoms with E-state index in [1.807, 2.05) is 27.7 Å². The largest absolute Gasteiger partial charge is 0.489 e. The van der Waals surface area contributed by atoms with Crippen molar-refractivity contribution in [1.82, 2.24) is 9.97 Å². The smallest absolute Gasteiger partial charge is 0.262 e. The van der Waals surface area contributed by atoms with Gasteiger partial charge in [0.05, 0.1) is 19.3 Å². The van der Waals surface area contributed by atoms with Gasteiger partial charge in [0.25, 0.3) is 5.88 Å². The number of nitrogens with one attached hydrogen (secondary N) is 1. The summed E-state index contributed by atoms with van der Waals surface area (Å²) in [7, 11) is 1.57. The van der Waals surface area contributed by atoms with Crippen LogP contribution in [0.25, 0.3) is 0 Å². The van der Waals surface area contributed by atoms with Gasteiger partial charge in [0.1, 0.15) is 12.9 Å². The number of aromatic nitrogens is 2. The molecule has 1 N–H and O–H groups in total. The number of rotatable bonds is 7. The van der Waals surface area contributed by atoms with Crippen LogP contribution in [0.3, 0.4) is 0 Å². The van der Waals surface area contributed by atoms with Crippen molar-refractivity contribution in [3.05, 3.63) is 6.33 Å². The third kappa shape index (κ3) is 5.30. The number of methoxy groups -OCH3 is 1. The van der Waals surface area contributed by atoms with Gasteiger partial charge in [-0.1, -0.05) is 0 Å². The van der Waals surface area contributed by atoms with Gasteiger partial charge in [-0.05, 0) is 27.7 Å². The first-order chi connectivity index (χ1) is 8.98. The van der Waals surface area contributed by atoms with Crippen LogP contribution in [0.4, 0.5) is 5.82 Å².